The summed E-state index contributed by atoms with van der Waals surface area (Å²) in [4.78, 5) is 10.7. The molecule has 0 radical (unpaired) electrons. The first-order valence-electron chi connectivity index (χ1n) is 7.96. The molecule has 0 aliphatic carbocycles. The standard InChI is InChI=1S/C15H19BrN4O3S2/c1-2-23-14-11-17-10-13(18-14)19-6-3-7-20(9-8-19)25(21,22)15-5-4-12(16)24-15/h4-5,10-11H,2-3,6-9H2,1H3. The largest absolute Gasteiger partial charge is 0.477 e. The molecule has 0 saturated carbocycles. The molecule has 2 aromatic rings. The van der Waals surface area contributed by atoms with Gasteiger partial charge in [0, 0.05) is 26.2 Å². The van der Waals surface area contributed by atoms with Crippen LogP contribution < -0.4 is 9.64 Å². The summed E-state index contributed by atoms with van der Waals surface area (Å²) >= 11 is 4.56. The van der Waals surface area contributed by atoms with Crippen molar-refractivity contribution >= 4 is 43.1 Å². The third-order valence-corrected chi connectivity index (χ3v) is 7.80. The molecule has 3 heterocycles. The molecule has 0 N–H and O–H groups in total. The van der Waals surface area contributed by atoms with Gasteiger partial charge in [0.05, 0.1) is 22.8 Å². The van der Waals surface area contributed by atoms with E-state index in [-0.39, 0.29) is 0 Å². The van der Waals surface area contributed by atoms with Gasteiger partial charge in [-0.2, -0.15) is 9.29 Å². The maximum Gasteiger partial charge on any atom is 0.252 e. The van der Waals surface area contributed by atoms with Crippen molar-refractivity contribution in [2.75, 3.05) is 37.7 Å². The van der Waals surface area contributed by atoms with Crippen LogP contribution in [0.1, 0.15) is 13.3 Å². The Morgan fingerprint density at radius 3 is 2.80 bits per heavy atom. The zero-order chi connectivity index (χ0) is 17.9. The Labute approximate surface area is 159 Å². The van der Waals surface area contributed by atoms with Crippen molar-refractivity contribution in [2.24, 2.45) is 0 Å². The van der Waals surface area contributed by atoms with Crippen molar-refractivity contribution in [2.45, 2.75) is 17.6 Å². The lowest BCUT2D eigenvalue weighted by Crippen LogP contribution is -2.35. The molecule has 0 amide bonds. The van der Waals surface area contributed by atoms with Gasteiger partial charge in [-0.15, -0.1) is 11.3 Å². The van der Waals surface area contributed by atoms with Crippen molar-refractivity contribution < 1.29 is 13.2 Å². The van der Waals surface area contributed by atoms with Crippen LogP contribution in [-0.4, -0.2) is 55.5 Å². The summed E-state index contributed by atoms with van der Waals surface area (Å²) in [7, 11) is -3.45. The van der Waals surface area contributed by atoms with Gasteiger partial charge in [0.25, 0.3) is 10.0 Å². The number of anilines is 1. The van der Waals surface area contributed by atoms with Crippen LogP contribution in [-0.2, 0) is 10.0 Å². The molecule has 25 heavy (non-hydrogen) atoms. The van der Waals surface area contributed by atoms with E-state index in [0.717, 1.165) is 16.8 Å². The molecular weight excluding hydrogens is 428 g/mol. The van der Waals surface area contributed by atoms with E-state index in [1.807, 2.05) is 6.92 Å². The first-order valence-corrected chi connectivity index (χ1v) is 11.0. The van der Waals surface area contributed by atoms with Gasteiger partial charge in [-0.05, 0) is 41.4 Å². The Morgan fingerprint density at radius 2 is 2.08 bits per heavy atom. The Kier molecular flexibility index (Phi) is 5.92. The van der Waals surface area contributed by atoms with E-state index in [4.69, 9.17) is 4.74 Å². The molecule has 1 fully saturated rings. The molecule has 10 heteroatoms. The van der Waals surface area contributed by atoms with E-state index in [0.29, 0.717) is 42.1 Å². The SMILES string of the molecule is CCOc1cncc(N2CCCN(S(=O)(=O)c3ccc(Br)s3)CC2)n1. The number of ether oxygens (including phenoxy) is 1. The van der Waals surface area contributed by atoms with E-state index < -0.39 is 10.0 Å². The summed E-state index contributed by atoms with van der Waals surface area (Å²) in [6, 6.07) is 3.40. The van der Waals surface area contributed by atoms with Gasteiger partial charge in [-0.1, -0.05) is 0 Å². The number of hydrogen-bond donors (Lipinski definition) is 0. The minimum absolute atomic E-state index is 0.367. The summed E-state index contributed by atoms with van der Waals surface area (Å²) in [5.41, 5.74) is 0. The molecule has 3 rings (SSSR count). The summed E-state index contributed by atoms with van der Waals surface area (Å²) < 4.78 is 33.7. The Bertz CT molecular complexity index is 828. The fraction of sp³-hybridized carbons (Fsp3) is 0.467. The van der Waals surface area contributed by atoms with Crippen LogP contribution in [0.15, 0.2) is 32.5 Å². The normalized spacial score (nSPS) is 16.6. The quantitative estimate of drug-likeness (QED) is 0.702. The number of thiophene rings is 1. The van der Waals surface area contributed by atoms with Crippen molar-refractivity contribution in [3.8, 4) is 5.88 Å². The minimum Gasteiger partial charge on any atom is -0.477 e. The predicted octanol–water partition coefficient (Wildman–Crippen LogP) is 2.60. The van der Waals surface area contributed by atoms with E-state index in [2.05, 4.69) is 30.8 Å². The van der Waals surface area contributed by atoms with E-state index in [1.165, 1.54) is 11.3 Å². The molecule has 136 valence electrons. The Balaban J connectivity index is 1.73. The summed E-state index contributed by atoms with van der Waals surface area (Å²) in [5, 5.41) is 0. The molecule has 0 aromatic carbocycles. The van der Waals surface area contributed by atoms with Crippen LogP contribution in [0.4, 0.5) is 5.82 Å². The Morgan fingerprint density at radius 1 is 1.24 bits per heavy atom. The first-order chi connectivity index (χ1) is 12.0. The minimum atomic E-state index is -3.45. The van der Waals surface area contributed by atoms with Gasteiger partial charge >= 0.3 is 0 Å². The zero-order valence-corrected chi connectivity index (χ0v) is 17.0. The second kappa shape index (κ2) is 7.98. The molecule has 1 aliphatic rings. The van der Waals surface area contributed by atoms with E-state index in [9.17, 15) is 8.42 Å². The lowest BCUT2D eigenvalue weighted by atomic mass is 10.4. The number of halogens is 1. The van der Waals surface area contributed by atoms with Crippen molar-refractivity contribution in [3.05, 3.63) is 28.3 Å². The molecule has 0 unspecified atom stereocenters. The summed E-state index contributed by atoms with van der Waals surface area (Å²) in [5.74, 6) is 1.20. The number of aromatic nitrogens is 2. The van der Waals surface area contributed by atoms with Gasteiger partial charge in [0.15, 0.2) is 5.82 Å². The lowest BCUT2D eigenvalue weighted by molar-refractivity contribution is 0.325. The van der Waals surface area contributed by atoms with Crippen LogP contribution in [0.3, 0.4) is 0 Å². The van der Waals surface area contributed by atoms with Gasteiger partial charge in [-0.3, -0.25) is 4.98 Å². The zero-order valence-electron chi connectivity index (χ0n) is 13.8. The summed E-state index contributed by atoms with van der Waals surface area (Å²) in [6.07, 6.45) is 3.99. The predicted molar refractivity (Wildman–Crippen MR) is 101 cm³/mol. The van der Waals surface area contributed by atoms with Gasteiger partial charge in [-0.25, -0.2) is 8.42 Å². The van der Waals surface area contributed by atoms with Crippen LogP contribution in [0.5, 0.6) is 5.88 Å². The number of rotatable bonds is 5. The number of sulfonamides is 1. The van der Waals surface area contributed by atoms with E-state index in [1.54, 1.807) is 28.8 Å². The van der Waals surface area contributed by atoms with Gasteiger partial charge < -0.3 is 9.64 Å². The molecule has 7 nitrogen and oxygen atoms in total. The molecular formula is C15H19BrN4O3S2. The lowest BCUT2D eigenvalue weighted by Gasteiger charge is -2.22. The van der Waals surface area contributed by atoms with Crippen molar-refractivity contribution in [1.29, 1.82) is 0 Å². The molecule has 2 aromatic heterocycles. The number of nitrogens with zero attached hydrogens (tertiary/aromatic N) is 4. The molecule has 1 saturated heterocycles. The Hall–Kier alpha value is -1.23. The fourth-order valence-electron chi connectivity index (χ4n) is 2.63. The average Bonchev–Trinajstić information content (AvgIpc) is 2.89. The maximum atomic E-state index is 12.8. The average molecular weight is 447 g/mol. The molecule has 1 aliphatic heterocycles. The fourth-order valence-corrected chi connectivity index (χ4v) is 6.27. The van der Waals surface area contributed by atoms with Crippen LogP contribution in [0.2, 0.25) is 0 Å². The van der Waals surface area contributed by atoms with E-state index >= 15 is 0 Å². The van der Waals surface area contributed by atoms with Crippen LogP contribution in [0.25, 0.3) is 0 Å². The third kappa shape index (κ3) is 4.30. The van der Waals surface area contributed by atoms with Crippen molar-refractivity contribution in [1.82, 2.24) is 14.3 Å². The topological polar surface area (TPSA) is 75.6 Å². The second-order valence-corrected chi connectivity index (χ2v) is 10.1. The maximum absolute atomic E-state index is 12.8. The van der Waals surface area contributed by atoms with Gasteiger partial charge in [0.1, 0.15) is 4.21 Å². The van der Waals surface area contributed by atoms with Crippen molar-refractivity contribution in [3.63, 3.8) is 0 Å². The third-order valence-electron chi connectivity index (χ3n) is 3.81. The van der Waals surface area contributed by atoms with Gasteiger partial charge in [0.2, 0.25) is 5.88 Å². The number of hydrogen-bond acceptors (Lipinski definition) is 7. The van der Waals surface area contributed by atoms with Crippen LogP contribution >= 0.6 is 27.3 Å². The highest BCUT2D eigenvalue weighted by Gasteiger charge is 2.28. The van der Waals surface area contributed by atoms with Crippen LogP contribution in [0, 0.1) is 0 Å². The second-order valence-electron chi connectivity index (χ2n) is 5.45. The summed E-state index contributed by atoms with van der Waals surface area (Å²) in [6.45, 7) is 4.62. The highest BCUT2D eigenvalue weighted by molar-refractivity contribution is 9.11. The monoisotopic (exact) mass is 446 g/mol. The highest BCUT2D eigenvalue weighted by atomic mass is 79.9. The first kappa shape index (κ1) is 18.6. The molecule has 0 spiro atoms. The molecule has 0 bridgehead atoms. The highest BCUT2D eigenvalue weighted by Crippen LogP contribution is 2.29. The molecule has 0 atom stereocenters. The smallest absolute Gasteiger partial charge is 0.252 e.